The van der Waals surface area contributed by atoms with Crippen LogP contribution in [0, 0.1) is 17.2 Å². The fourth-order valence-electron chi connectivity index (χ4n) is 1.73. The topological polar surface area (TPSA) is 70.1 Å². The molecule has 0 bridgehead atoms. The quantitative estimate of drug-likeness (QED) is 0.807. The van der Waals surface area contributed by atoms with Gasteiger partial charge >= 0.3 is 0 Å². The Bertz CT molecular complexity index is 421. The van der Waals surface area contributed by atoms with Gasteiger partial charge in [-0.05, 0) is 23.9 Å². The molecule has 1 aliphatic heterocycles. The normalized spacial score (nSPS) is 20.7. The average molecular weight is 221 g/mol. The molecule has 1 atom stereocenters. The molecule has 1 saturated heterocycles. The van der Waals surface area contributed by atoms with Gasteiger partial charge in [0.15, 0.2) is 0 Å². The Hall–Kier alpha value is -1.38. The first-order chi connectivity index (χ1) is 7.26. The highest BCUT2D eigenvalue weighted by Crippen LogP contribution is 2.32. The average Bonchev–Trinajstić information content (AvgIpc) is 2.82. The van der Waals surface area contributed by atoms with Gasteiger partial charge in [-0.25, -0.2) is 0 Å². The molecule has 0 saturated carbocycles. The van der Waals surface area contributed by atoms with Crippen LogP contribution in [0.2, 0.25) is 0 Å². The van der Waals surface area contributed by atoms with Crippen LogP contribution in [0.25, 0.3) is 0 Å². The van der Waals surface area contributed by atoms with E-state index in [0.29, 0.717) is 25.1 Å². The van der Waals surface area contributed by atoms with E-state index in [1.165, 1.54) is 11.3 Å². The van der Waals surface area contributed by atoms with Gasteiger partial charge in [-0.15, -0.1) is 11.3 Å². The van der Waals surface area contributed by atoms with Crippen molar-refractivity contribution < 1.29 is 4.79 Å². The third-order valence-corrected chi connectivity index (χ3v) is 3.48. The first-order valence-electron chi connectivity index (χ1n) is 4.74. The van der Waals surface area contributed by atoms with E-state index in [2.05, 4.69) is 6.07 Å². The zero-order chi connectivity index (χ0) is 10.8. The fourth-order valence-corrected chi connectivity index (χ4v) is 2.61. The summed E-state index contributed by atoms with van der Waals surface area (Å²) in [6.07, 6.45) is 0.499. The van der Waals surface area contributed by atoms with Crippen molar-refractivity contribution >= 4 is 22.2 Å². The van der Waals surface area contributed by atoms with Crippen LogP contribution in [-0.4, -0.2) is 19.0 Å². The molecule has 4 nitrogen and oxygen atoms in total. The Balaban J connectivity index is 2.26. The van der Waals surface area contributed by atoms with Gasteiger partial charge in [-0.3, -0.25) is 4.79 Å². The van der Waals surface area contributed by atoms with E-state index >= 15 is 0 Å². The van der Waals surface area contributed by atoms with E-state index in [1.807, 2.05) is 5.38 Å². The van der Waals surface area contributed by atoms with E-state index < -0.39 is 0 Å². The summed E-state index contributed by atoms with van der Waals surface area (Å²) in [5.74, 6) is 0.301. The predicted octanol–water partition coefficient (Wildman–Crippen LogP) is 0.931. The van der Waals surface area contributed by atoms with Gasteiger partial charge in [-0.2, -0.15) is 5.26 Å². The van der Waals surface area contributed by atoms with Crippen LogP contribution in [-0.2, 0) is 4.79 Å². The fraction of sp³-hybridized carbons (Fsp3) is 0.400. The number of anilines is 1. The van der Waals surface area contributed by atoms with Crippen LogP contribution in [0.3, 0.4) is 0 Å². The molecule has 0 aliphatic carbocycles. The van der Waals surface area contributed by atoms with Crippen LogP contribution in [0.4, 0.5) is 5.00 Å². The zero-order valence-corrected chi connectivity index (χ0v) is 8.96. The van der Waals surface area contributed by atoms with E-state index in [0.717, 1.165) is 5.00 Å². The van der Waals surface area contributed by atoms with Gasteiger partial charge in [-0.1, -0.05) is 0 Å². The largest absolute Gasteiger partial charge is 0.330 e. The van der Waals surface area contributed by atoms with E-state index in [4.69, 9.17) is 11.0 Å². The van der Waals surface area contributed by atoms with Crippen molar-refractivity contribution in [3.8, 4) is 6.07 Å². The lowest BCUT2D eigenvalue weighted by atomic mass is 10.1. The number of carbonyl (C=O) groups is 1. The maximum Gasteiger partial charge on any atom is 0.228 e. The Morgan fingerprint density at radius 1 is 1.73 bits per heavy atom. The highest BCUT2D eigenvalue weighted by molar-refractivity contribution is 7.14. The van der Waals surface area contributed by atoms with Crippen molar-refractivity contribution in [3.63, 3.8) is 0 Å². The van der Waals surface area contributed by atoms with Crippen LogP contribution >= 0.6 is 11.3 Å². The van der Waals surface area contributed by atoms with Crippen LogP contribution in [0.1, 0.15) is 12.0 Å². The molecule has 2 rings (SSSR count). The summed E-state index contributed by atoms with van der Waals surface area (Å²) in [5.41, 5.74) is 6.12. The Morgan fingerprint density at radius 3 is 3.13 bits per heavy atom. The number of nitrogens with two attached hydrogens (primary N) is 1. The maximum atomic E-state index is 11.7. The Kier molecular flexibility index (Phi) is 2.71. The van der Waals surface area contributed by atoms with Crippen molar-refractivity contribution in [2.24, 2.45) is 11.7 Å². The first-order valence-corrected chi connectivity index (χ1v) is 5.62. The van der Waals surface area contributed by atoms with Crippen molar-refractivity contribution in [1.82, 2.24) is 0 Å². The number of hydrogen-bond acceptors (Lipinski definition) is 4. The second kappa shape index (κ2) is 4.01. The molecule has 78 valence electrons. The molecule has 1 amide bonds. The van der Waals surface area contributed by atoms with Crippen LogP contribution in [0.5, 0.6) is 0 Å². The lowest BCUT2D eigenvalue weighted by Crippen LogP contribution is -2.25. The van der Waals surface area contributed by atoms with Gasteiger partial charge in [0.2, 0.25) is 5.91 Å². The minimum absolute atomic E-state index is 0.0735. The lowest BCUT2D eigenvalue weighted by Gasteiger charge is -2.14. The summed E-state index contributed by atoms with van der Waals surface area (Å²) < 4.78 is 0. The molecule has 0 radical (unpaired) electrons. The Labute approximate surface area is 91.9 Å². The molecular formula is C10H11N3OS. The first kappa shape index (κ1) is 10.1. The van der Waals surface area contributed by atoms with E-state index in [-0.39, 0.29) is 11.8 Å². The van der Waals surface area contributed by atoms with Gasteiger partial charge < -0.3 is 10.6 Å². The van der Waals surface area contributed by atoms with Crippen LogP contribution in [0.15, 0.2) is 11.4 Å². The summed E-state index contributed by atoms with van der Waals surface area (Å²) in [6.45, 7) is 1.17. The third-order valence-electron chi connectivity index (χ3n) is 2.55. The number of rotatable bonds is 2. The molecule has 0 spiro atoms. The van der Waals surface area contributed by atoms with Crippen molar-refractivity contribution in [3.05, 3.63) is 17.0 Å². The minimum Gasteiger partial charge on any atom is -0.330 e. The summed E-state index contributed by atoms with van der Waals surface area (Å²) in [7, 11) is 0. The molecule has 1 aromatic heterocycles. The highest BCUT2D eigenvalue weighted by Gasteiger charge is 2.31. The summed E-state index contributed by atoms with van der Waals surface area (Å²) in [6, 6.07) is 3.83. The third kappa shape index (κ3) is 1.74. The van der Waals surface area contributed by atoms with Gasteiger partial charge in [0.25, 0.3) is 0 Å². The van der Waals surface area contributed by atoms with Gasteiger partial charge in [0, 0.05) is 13.0 Å². The molecule has 1 aromatic rings. The molecule has 2 N–H and O–H groups in total. The summed E-state index contributed by atoms with van der Waals surface area (Å²) in [5, 5.41) is 11.5. The van der Waals surface area contributed by atoms with Crippen LogP contribution < -0.4 is 10.6 Å². The molecule has 5 heteroatoms. The highest BCUT2D eigenvalue weighted by atomic mass is 32.1. The van der Waals surface area contributed by atoms with E-state index in [9.17, 15) is 4.79 Å². The monoisotopic (exact) mass is 221 g/mol. The molecular weight excluding hydrogens is 210 g/mol. The number of carbonyl (C=O) groups excluding carboxylic acids is 1. The van der Waals surface area contributed by atoms with Crippen molar-refractivity contribution in [1.29, 1.82) is 5.26 Å². The van der Waals surface area contributed by atoms with E-state index in [1.54, 1.807) is 11.0 Å². The van der Waals surface area contributed by atoms with Crippen molar-refractivity contribution in [2.75, 3.05) is 18.0 Å². The second-order valence-corrected chi connectivity index (χ2v) is 4.46. The molecule has 1 fully saturated rings. The SMILES string of the molecule is N#Cc1ccsc1N1CC(CN)CC1=O. The number of nitriles is 1. The maximum absolute atomic E-state index is 11.7. The predicted molar refractivity (Wildman–Crippen MR) is 58.5 cm³/mol. The molecule has 1 unspecified atom stereocenters. The zero-order valence-electron chi connectivity index (χ0n) is 8.14. The number of amides is 1. The number of nitrogens with zero attached hydrogens (tertiary/aromatic N) is 2. The molecule has 1 aliphatic rings. The Morgan fingerprint density at radius 2 is 2.53 bits per heavy atom. The lowest BCUT2D eigenvalue weighted by molar-refractivity contribution is -0.117. The summed E-state index contributed by atoms with van der Waals surface area (Å²) >= 11 is 1.43. The number of thiophene rings is 1. The van der Waals surface area contributed by atoms with Gasteiger partial charge in [0.1, 0.15) is 11.1 Å². The molecule has 15 heavy (non-hydrogen) atoms. The number of hydrogen-bond donors (Lipinski definition) is 1. The standard InChI is InChI=1S/C10H11N3OS/c11-4-7-3-9(14)13(6-7)10-8(5-12)1-2-15-10/h1-2,7H,3-4,6,11H2. The minimum atomic E-state index is 0.0735. The molecule has 0 aromatic carbocycles. The second-order valence-electron chi connectivity index (χ2n) is 3.56. The van der Waals surface area contributed by atoms with Crippen molar-refractivity contribution in [2.45, 2.75) is 6.42 Å². The summed E-state index contributed by atoms with van der Waals surface area (Å²) in [4.78, 5) is 13.4. The molecule has 2 heterocycles. The smallest absolute Gasteiger partial charge is 0.228 e. The van der Waals surface area contributed by atoms with Gasteiger partial charge in [0.05, 0.1) is 5.56 Å².